The van der Waals surface area contributed by atoms with Crippen LogP contribution in [0.25, 0.3) is 32.7 Å². The lowest BCUT2D eigenvalue weighted by atomic mass is 10.1. The van der Waals surface area contributed by atoms with E-state index in [9.17, 15) is 10.1 Å². The molecule has 0 atom stereocenters. The van der Waals surface area contributed by atoms with Crippen molar-refractivity contribution in [2.45, 2.75) is 0 Å². The molecule has 2 aromatic carbocycles. The summed E-state index contributed by atoms with van der Waals surface area (Å²) in [6.45, 7) is 0. The summed E-state index contributed by atoms with van der Waals surface area (Å²) >= 11 is 6.03. The van der Waals surface area contributed by atoms with Crippen molar-refractivity contribution in [1.29, 1.82) is 0 Å². The summed E-state index contributed by atoms with van der Waals surface area (Å²) in [5, 5.41) is 20.0. The summed E-state index contributed by atoms with van der Waals surface area (Å²) in [4.78, 5) is 15.2. The molecule has 0 amide bonds. The smallest absolute Gasteiger partial charge is 0.297 e. The predicted molar refractivity (Wildman–Crippen MR) is 77.1 cm³/mol. The van der Waals surface area contributed by atoms with Crippen LogP contribution in [0.1, 0.15) is 0 Å². The van der Waals surface area contributed by atoms with Gasteiger partial charge in [0.1, 0.15) is 5.52 Å². The Balaban J connectivity index is 2.35. The lowest BCUT2D eigenvalue weighted by Gasteiger charge is -1.96. The molecule has 7 heteroatoms. The molecule has 0 aliphatic rings. The number of benzene rings is 2. The van der Waals surface area contributed by atoms with Crippen molar-refractivity contribution in [1.82, 2.24) is 15.2 Å². The van der Waals surface area contributed by atoms with E-state index in [0.717, 1.165) is 16.2 Å². The van der Waals surface area contributed by atoms with E-state index in [1.807, 2.05) is 0 Å². The highest BCUT2D eigenvalue weighted by Crippen LogP contribution is 2.37. The van der Waals surface area contributed by atoms with Gasteiger partial charge >= 0.3 is 0 Å². The molecule has 6 nitrogen and oxygen atoms in total. The molecule has 0 fully saturated rings. The number of hydrogen-bond donors (Lipinski definition) is 2. The summed E-state index contributed by atoms with van der Waals surface area (Å²) in [7, 11) is 0. The third kappa shape index (κ3) is 1.36. The van der Waals surface area contributed by atoms with Crippen LogP contribution in [-0.2, 0) is 0 Å². The fourth-order valence-corrected chi connectivity index (χ4v) is 2.74. The monoisotopic (exact) mass is 286 g/mol. The van der Waals surface area contributed by atoms with Crippen LogP contribution in [0, 0.1) is 10.1 Å². The van der Waals surface area contributed by atoms with Crippen molar-refractivity contribution >= 4 is 50.0 Å². The number of nitro groups is 1. The molecule has 0 bridgehead atoms. The number of nitrogens with zero attached hydrogens (tertiary/aromatic N) is 2. The van der Waals surface area contributed by atoms with E-state index in [2.05, 4.69) is 15.2 Å². The molecule has 20 heavy (non-hydrogen) atoms. The molecular formula is C13H7ClN4O2. The van der Waals surface area contributed by atoms with Crippen LogP contribution in [0.4, 0.5) is 5.69 Å². The molecule has 2 heterocycles. The third-order valence-corrected chi connectivity index (χ3v) is 3.64. The maximum Gasteiger partial charge on any atom is 0.297 e. The molecule has 0 aliphatic carbocycles. The number of non-ortho nitro benzene ring substituents is 1. The zero-order valence-electron chi connectivity index (χ0n) is 9.98. The van der Waals surface area contributed by atoms with Crippen LogP contribution < -0.4 is 0 Å². The highest BCUT2D eigenvalue weighted by Gasteiger charge is 2.21. The van der Waals surface area contributed by atoms with Crippen LogP contribution in [0.5, 0.6) is 0 Å². The fourth-order valence-electron chi connectivity index (χ4n) is 2.56. The Hall–Kier alpha value is -2.60. The number of rotatable bonds is 1. The Morgan fingerprint density at radius 1 is 1.25 bits per heavy atom. The van der Waals surface area contributed by atoms with E-state index in [1.165, 1.54) is 6.07 Å². The number of H-pyrrole nitrogens is 2. The Morgan fingerprint density at radius 2 is 2.10 bits per heavy atom. The minimum absolute atomic E-state index is 0.0179. The molecule has 4 aromatic rings. The van der Waals surface area contributed by atoms with Gasteiger partial charge < -0.3 is 10.2 Å². The van der Waals surface area contributed by atoms with Gasteiger partial charge in [-0.05, 0) is 18.2 Å². The molecule has 2 N–H and O–H groups in total. The third-order valence-electron chi connectivity index (χ3n) is 3.40. The number of halogens is 1. The van der Waals surface area contributed by atoms with Crippen molar-refractivity contribution in [2.24, 2.45) is 0 Å². The predicted octanol–water partition coefficient (Wildman–Crippen LogP) is 3.76. The van der Waals surface area contributed by atoms with Gasteiger partial charge in [-0.2, -0.15) is 0 Å². The first kappa shape index (κ1) is 11.2. The van der Waals surface area contributed by atoms with Gasteiger partial charge in [-0.25, -0.2) is 4.98 Å². The van der Waals surface area contributed by atoms with Crippen molar-refractivity contribution in [3.8, 4) is 0 Å². The van der Waals surface area contributed by atoms with Crippen LogP contribution in [-0.4, -0.2) is 20.1 Å². The first-order valence-corrected chi connectivity index (χ1v) is 6.25. The Labute approximate surface area is 116 Å². The number of nitrogens with one attached hydrogen (secondary N) is 2. The highest BCUT2D eigenvalue weighted by molar-refractivity contribution is 6.32. The zero-order valence-corrected chi connectivity index (χ0v) is 10.7. The maximum absolute atomic E-state index is 11.2. The maximum atomic E-state index is 11.2. The lowest BCUT2D eigenvalue weighted by molar-refractivity contribution is -0.383. The number of aromatic nitrogens is 3. The summed E-state index contributed by atoms with van der Waals surface area (Å²) in [5.41, 5.74) is 1.73. The van der Waals surface area contributed by atoms with Crippen LogP contribution in [0.15, 0.2) is 30.5 Å². The molecule has 0 saturated carbocycles. The average molecular weight is 287 g/mol. The van der Waals surface area contributed by atoms with Gasteiger partial charge in [0.25, 0.3) is 5.69 Å². The normalized spacial score (nSPS) is 11.7. The summed E-state index contributed by atoms with van der Waals surface area (Å²) in [5.74, 6) is 0. The quantitative estimate of drug-likeness (QED) is 0.412. The molecule has 0 aliphatic heterocycles. The van der Waals surface area contributed by atoms with E-state index < -0.39 is 4.92 Å². The summed E-state index contributed by atoms with van der Waals surface area (Å²) in [6, 6.07) is 6.76. The molecular weight excluding hydrogens is 280 g/mol. The highest BCUT2D eigenvalue weighted by atomic mass is 35.5. The Kier molecular flexibility index (Phi) is 2.08. The second-order valence-corrected chi connectivity index (χ2v) is 4.96. The number of aromatic amines is 2. The number of hydrogen-bond acceptors (Lipinski definition) is 3. The molecule has 4 rings (SSSR count). The summed E-state index contributed by atoms with van der Waals surface area (Å²) < 4.78 is 0. The van der Waals surface area contributed by atoms with E-state index >= 15 is 0 Å². The lowest BCUT2D eigenvalue weighted by Crippen LogP contribution is -1.89. The first-order chi connectivity index (χ1) is 9.65. The van der Waals surface area contributed by atoms with E-state index in [-0.39, 0.29) is 5.69 Å². The van der Waals surface area contributed by atoms with Crippen molar-refractivity contribution in [3.63, 3.8) is 0 Å². The van der Waals surface area contributed by atoms with Gasteiger partial charge in [0.15, 0.2) is 0 Å². The second-order valence-electron chi connectivity index (χ2n) is 4.52. The van der Waals surface area contributed by atoms with Crippen molar-refractivity contribution in [2.75, 3.05) is 0 Å². The van der Waals surface area contributed by atoms with Gasteiger partial charge in [-0.3, -0.25) is 10.1 Å². The van der Waals surface area contributed by atoms with Gasteiger partial charge in [0.2, 0.25) is 0 Å². The molecule has 0 radical (unpaired) electrons. The van der Waals surface area contributed by atoms with Crippen LogP contribution >= 0.6 is 11.6 Å². The van der Waals surface area contributed by atoms with Gasteiger partial charge in [-0.15, -0.1) is 0 Å². The van der Waals surface area contributed by atoms with Gasteiger partial charge in [-0.1, -0.05) is 11.6 Å². The molecule has 0 saturated heterocycles. The number of fused-ring (bicyclic) bond motifs is 5. The van der Waals surface area contributed by atoms with Crippen molar-refractivity contribution < 1.29 is 4.92 Å². The van der Waals surface area contributed by atoms with Crippen LogP contribution in [0.3, 0.4) is 0 Å². The van der Waals surface area contributed by atoms with Gasteiger partial charge in [0, 0.05) is 33.4 Å². The standard InChI is InChI=1S/C13H7ClN4O2/c14-6-1-2-9-7(3-6)12-8-5-15-17-10(8)4-11(18(19)20)13(12)16-9/h1-5,15,17H. The average Bonchev–Trinajstić information content (AvgIpc) is 2.99. The number of nitro benzene ring substituents is 1. The largest absolute Gasteiger partial charge is 0.307 e. The molecule has 0 spiro atoms. The second kappa shape index (κ2) is 3.71. The Bertz CT molecular complexity index is 1000. The van der Waals surface area contributed by atoms with E-state index in [4.69, 9.17) is 11.6 Å². The van der Waals surface area contributed by atoms with Crippen molar-refractivity contribution in [3.05, 3.63) is 45.6 Å². The zero-order chi connectivity index (χ0) is 13.9. The Morgan fingerprint density at radius 3 is 2.90 bits per heavy atom. The SMILES string of the molecule is O=[N+]([O-])c1cc2[nH][nH]cc2c2c1nc1ccc(Cl)cc12. The fraction of sp³-hybridized carbons (Fsp3) is 0. The summed E-state index contributed by atoms with van der Waals surface area (Å²) in [6.07, 6.45) is 1.77. The topological polar surface area (TPSA) is 87.6 Å². The first-order valence-electron chi connectivity index (χ1n) is 5.87. The molecule has 0 unspecified atom stereocenters. The van der Waals surface area contributed by atoms with E-state index in [1.54, 1.807) is 24.4 Å². The molecule has 2 aromatic heterocycles. The van der Waals surface area contributed by atoms with Gasteiger partial charge in [0.05, 0.1) is 16.0 Å². The van der Waals surface area contributed by atoms with Crippen LogP contribution in [0.2, 0.25) is 5.02 Å². The minimum atomic E-state index is -0.421. The molecule has 98 valence electrons. The minimum Gasteiger partial charge on any atom is -0.307 e. The van der Waals surface area contributed by atoms with E-state index in [0.29, 0.717) is 21.6 Å².